The molecule has 0 rings (SSSR count). The summed E-state index contributed by atoms with van der Waals surface area (Å²) in [6, 6.07) is 0. The van der Waals surface area contributed by atoms with Crippen LogP contribution in [0.3, 0.4) is 0 Å². The monoisotopic (exact) mass is 939 g/mol. The molecule has 6 nitrogen and oxygen atoms in total. The van der Waals surface area contributed by atoms with Crippen LogP contribution in [-0.2, 0) is 28.6 Å². The van der Waals surface area contributed by atoms with Crippen molar-refractivity contribution in [3.63, 3.8) is 0 Å². The lowest BCUT2D eigenvalue weighted by Gasteiger charge is -2.18. The highest BCUT2D eigenvalue weighted by molar-refractivity contribution is 5.71. The molecule has 0 fully saturated rings. The molecule has 0 N–H and O–H groups in total. The van der Waals surface area contributed by atoms with Crippen LogP contribution in [-0.4, -0.2) is 37.2 Å². The Morgan fingerprint density at radius 2 is 0.537 bits per heavy atom. The van der Waals surface area contributed by atoms with Gasteiger partial charge in [-0.1, -0.05) is 249 Å². The van der Waals surface area contributed by atoms with Crippen molar-refractivity contribution in [1.82, 2.24) is 0 Å². The zero-order valence-electron chi connectivity index (χ0n) is 44.7. The fraction of sp³-hybridized carbons (Fsp3) is 0.820. The quantitative estimate of drug-likeness (QED) is 0.0262. The van der Waals surface area contributed by atoms with Gasteiger partial charge in [-0.25, -0.2) is 0 Å². The van der Waals surface area contributed by atoms with E-state index in [1.807, 2.05) is 0 Å². The molecule has 0 aromatic heterocycles. The molecule has 0 aromatic rings. The summed E-state index contributed by atoms with van der Waals surface area (Å²) in [7, 11) is 0. The lowest BCUT2D eigenvalue weighted by atomic mass is 10.0. The number of hydrogen-bond donors (Lipinski definition) is 0. The van der Waals surface area contributed by atoms with Gasteiger partial charge >= 0.3 is 17.9 Å². The predicted octanol–water partition coefficient (Wildman–Crippen LogP) is 19.4. The zero-order valence-corrected chi connectivity index (χ0v) is 44.7. The molecule has 67 heavy (non-hydrogen) atoms. The Morgan fingerprint density at radius 3 is 0.881 bits per heavy atom. The van der Waals surface area contributed by atoms with Crippen LogP contribution in [0.5, 0.6) is 0 Å². The second-order valence-corrected chi connectivity index (χ2v) is 19.6. The van der Waals surface area contributed by atoms with E-state index in [1.165, 1.54) is 180 Å². The van der Waals surface area contributed by atoms with Crippen molar-refractivity contribution in [3.8, 4) is 0 Å². The SMILES string of the molecule is CCCCC/C=C\C/C=C\C/C=C\CCCCCCCCC(=O)OCC(COC(=O)CCCCCCC/C=C\CCCCCCC)OC(=O)CCCCCCCCCCCCCCCCCC. The van der Waals surface area contributed by atoms with Crippen LogP contribution >= 0.6 is 0 Å². The van der Waals surface area contributed by atoms with Crippen LogP contribution in [0.1, 0.15) is 303 Å². The number of carbonyl (C=O) groups is 3. The number of hydrogen-bond acceptors (Lipinski definition) is 6. The summed E-state index contributed by atoms with van der Waals surface area (Å²) in [5.74, 6) is -0.884. The summed E-state index contributed by atoms with van der Waals surface area (Å²) in [5, 5.41) is 0. The third kappa shape index (κ3) is 54.2. The minimum Gasteiger partial charge on any atom is -0.462 e. The molecule has 0 aliphatic carbocycles. The molecule has 1 atom stereocenters. The number of unbranched alkanes of at least 4 members (excludes halogenated alkanes) is 34. The van der Waals surface area contributed by atoms with Gasteiger partial charge in [0.2, 0.25) is 0 Å². The second kappa shape index (κ2) is 56.0. The third-order valence-electron chi connectivity index (χ3n) is 12.8. The maximum absolute atomic E-state index is 12.9. The normalized spacial score (nSPS) is 12.3. The number of rotatable bonds is 53. The van der Waals surface area contributed by atoms with Crippen molar-refractivity contribution in [1.29, 1.82) is 0 Å². The van der Waals surface area contributed by atoms with Gasteiger partial charge in [0.05, 0.1) is 0 Å². The van der Waals surface area contributed by atoms with Crippen LogP contribution in [0.4, 0.5) is 0 Å². The van der Waals surface area contributed by atoms with Crippen LogP contribution < -0.4 is 0 Å². The molecule has 0 saturated heterocycles. The van der Waals surface area contributed by atoms with E-state index in [9.17, 15) is 14.4 Å². The standard InChI is InChI=1S/C61H110O6/c1-4-7-10-13-16-19-22-25-28-30-31-32-34-36-39-42-45-48-51-54-60(63)66-57-58(56-65-59(62)53-50-47-44-41-38-35-27-24-21-18-15-12-9-6-3)67-61(64)55-52-49-46-43-40-37-33-29-26-23-20-17-14-11-8-5-2/h16,19,24-25,27-28,31-32,58H,4-15,17-18,20-23,26,29-30,33-57H2,1-3H3/b19-16-,27-24-,28-25-,32-31-. The molecule has 0 aliphatic rings. The zero-order chi connectivity index (χ0) is 48.6. The Morgan fingerprint density at radius 1 is 0.299 bits per heavy atom. The maximum atomic E-state index is 12.9. The Bertz CT molecular complexity index is 1170. The molecule has 0 aliphatic heterocycles. The van der Waals surface area contributed by atoms with Crippen molar-refractivity contribution >= 4 is 17.9 Å². The van der Waals surface area contributed by atoms with Gasteiger partial charge in [0.25, 0.3) is 0 Å². The van der Waals surface area contributed by atoms with E-state index in [2.05, 4.69) is 69.4 Å². The summed E-state index contributed by atoms with van der Waals surface area (Å²) in [6.07, 6.45) is 68.1. The second-order valence-electron chi connectivity index (χ2n) is 19.6. The average molecular weight is 940 g/mol. The summed E-state index contributed by atoms with van der Waals surface area (Å²) in [4.78, 5) is 38.2. The highest BCUT2D eigenvalue weighted by atomic mass is 16.6. The molecule has 390 valence electrons. The lowest BCUT2D eigenvalue weighted by molar-refractivity contribution is -0.167. The highest BCUT2D eigenvalue weighted by Gasteiger charge is 2.19. The molecular formula is C61H110O6. The minimum atomic E-state index is -0.779. The van der Waals surface area contributed by atoms with Crippen molar-refractivity contribution in [3.05, 3.63) is 48.6 Å². The van der Waals surface area contributed by atoms with E-state index in [4.69, 9.17) is 14.2 Å². The van der Waals surface area contributed by atoms with Gasteiger partial charge in [-0.3, -0.25) is 14.4 Å². The molecule has 0 heterocycles. The van der Waals surface area contributed by atoms with Gasteiger partial charge in [0, 0.05) is 19.3 Å². The van der Waals surface area contributed by atoms with Gasteiger partial charge in [-0.15, -0.1) is 0 Å². The first kappa shape index (κ1) is 64.4. The number of carbonyl (C=O) groups excluding carboxylic acids is 3. The van der Waals surface area contributed by atoms with E-state index < -0.39 is 6.10 Å². The average Bonchev–Trinajstić information content (AvgIpc) is 3.33. The largest absolute Gasteiger partial charge is 0.462 e. The molecule has 0 amide bonds. The summed E-state index contributed by atoms with van der Waals surface area (Å²) < 4.78 is 16.9. The number of ether oxygens (including phenoxy) is 3. The van der Waals surface area contributed by atoms with E-state index in [1.54, 1.807) is 0 Å². The summed E-state index contributed by atoms with van der Waals surface area (Å²) in [5.41, 5.74) is 0. The Balaban J connectivity index is 4.37. The first-order valence-corrected chi connectivity index (χ1v) is 29.1. The molecule has 6 heteroatoms. The Labute approximate surface area is 416 Å². The van der Waals surface area contributed by atoms with Crippen molar-refractivity contribution in [2.75, 3.05) is 13.2 Å². The number of esters is 3. The smallest absolute Gasteiger partial charge is 0.306 e. The van der Waals surface area contributed by atoms with Gasteiger partial charge in [0.1, 0.15) is 13.2 Å². The molecule has 1 unspecified atom stereocenters. The molecule has 0 aromatic carbocycles. The topological polar surface area (TPSA) is 78.9 Å². The summed E-state index contributed by atoms with van der Waals surface area (Å²) >= 11 is 0. The van der Waals surface area contributed by atoms with Gasteiger partial charge in [-0.05, 0) is 83.5 Å². The van der Waals surface area contributed by atoms with Crippen molar-refractivity contribution in [2.24, 2.45) is 0 Å². The molecule has 0 saturated carbocycles. The maximum Gasteiger partial charge on any atom is 0.306 e. The highest BCUT2D eigenvalue weighted by Crippen LogP contribution is 2.16. The van der Waals surface area contributed by atoms with Gasteiger partial charge < -0.3 is 14.2 Å². The van der Waals surface area contributed by atoms with Gasteiger partial charge in [0.15, 0.2) is 6.10 Å². The molecule has 0 bridgehead atoms. The first-order chi connectivity index (χ1) is 33.0. The van der Waals surface area contributed by atoms with Crippen LogP contribution in [0.15, 0.2) is 48.6 Å². The van der Waals surface area contributed by atoms with Crippen LogP contribution in [0.25, 0.3) is 0 Å². The third-order valence-corrected chi connectivity index (χ3v) is 12.8. The van der Waals surface area contributed by atoms with E-state index in [0.717, 1.165) is 83.5 Å². The number of allylic oxidation sites excluding steroid dienone is 8. The van der Waals surface area contributed by atoms with E-state index in [0.29, 0.717) is 19.3 Å². The first-order valence-electron chi connectivity index (χ1n) is 29.1. The van der Waals surface area contributed by atoms with Gasteiger partial charge in [-0.2, -0.15) is 0 Å². The van der Waals surface area contributed by atoms with Crippen molar-refractivity contribution < 1.29 is 28.6 Å². The fourth-order valence-corrected chi connectivity index (χ4v) is 8.39. The van der Waals surface area contributed by atoms with E-state index >= 15 is 0 Å². The van der Waals surface area contributed by atoms with E-state index in [-0.39, 0.29) is 31.1 Å². The molecule has 0 radical (unpaired) electrons. The fourth-order valence-electron chi connectivity index (χ4n) is 8.39. The summed E-state index contributed by atoms with van der Waals surface area (Å²) in [6.45, 7) is 6.62. The Hall–Kier alpha value is -2.63. The molecular weight excluding hydrogens is 829 g/mol. The van der Waals surface area contributed by atoms with Crippen molar-refractivity contribution in [2.45, 2.75) is 309 Å². The minimum absolute atomic E-state index is 0.0789. The predicted molar refractivity (Wildman–Crippen MR) is 289 cm³/mol. The van der Waals surface area contributed by atoms with Crippen LogP contribution in [0.2, 0.25) is 0 Å². The molecule has 0 spiro atoms. The van der Waals surface area contributed by atoms with Crippen LogP contribution in [0, 0.1) is 0 Å². The lowest BCUT2D eigenvalue weighted by Crippen LogP contribution is -2.30. The Kier molecular flexibility index (Phi) is 53.8.